The van der Waals surface area contributed by atoms with Crippen LogP contribution in [0.3, 0.4) is 0 Å². The Balaban J connectivity index is 1.79. The quantitative estimate of drug-likeness (QED) is 0.644. The van der Waals surface area contributed by atoms with E-state index in [2.05, 4.69) is 10.2 Å². The molecule has 1 amide bonds. The lowest BCUT2D eigenvalue weighted by atomic mass is 10.1. The molecule has 0 atom stereocenters. The van der Waals surface area contributed by atoms with Crippen molar-refractivity contribution >= 4 is 34.9 Å². The lowest BCUT2D eigenvalue weighted by Crippen LogP contribution is -2.42. The zero-order valence-electron chi connectivity index (χ0n) is 17.9. The summed E-state index contributed by atoms with van der Waals surface area (Å²) in [4.78, 5) is 27.6. The number of hydrogen-bond donors (Lipinski definition) is 1. The molecule has 0 unspecified atom stereocenters. The number of rotatable bonds is 7. The first kappa shape index (κ1) is 22.9. The standard InChI is InChI=1S/C23H27ClN2O5/c1-4-30-21(27)19-15-17(7-10-20(19)26-11-13-29-14-12-26)25-22(28)23(2,3)31-18-8-5-16(24)6-9-18/h5-10,15H,4,11-14H2,1-3H3,(H,25,28). The highest BCUT2D eigenvalue weighted by molar-refractivity contribution is 6.30. The number of carbonyl (C=O) groups excluding carboxylic acids is 2. The lowest BCUT2D eigenvalue weighted by molar-refractivity contribution is -0.128. The van der Waals surface area contributed by atoms with Crippen molar-refractivity contribution in [3.63, 3.8) is 0 Å². The van der Waals surface area contributed by atoms with Crippen LogP contribution in [-0.4, -0.2) is 50.4 Å². The fraction of sp³-hybridized carbons (Fsp3) is 0.391. The van der Waals surface area contributed by atoms with E-state index in [9.17, 15) is 9.59 Å². The second kappa shape index (κ2) is 10.0. The van der Waals surface area contributed by atoms with Crippen LogP contribution in [0.2, 0.25) is 5.02 Å². The molecule has 1 aliphatic heterocycles. The summed E-state index contributed by atoms with van der Waals surface area (Å²) < 4.78 is 16.5. The van der Waals surface area contributed by atoms with Gasteiger partial charge in [0.25, 0.3) is 5.91 Å². The number of hydrogen-bond acceptors (Lipinski definition) is 6. The van der Waals surface area contributed by atoms with Gasteiger partial charge in [-0.05, 0) is 63.2 Å². The Labute approximate surface area is 187 Å². The van der Waals surface area contributed by atoms with Gasteiger partial charge in [0.1, 0.15) is 5.75 Å². The summed E-state index contributed by atoms with van der Waals surface area (Å²) in [5.41, 5.74) is 0.494. The van der Waals surface area contributed by atoms with E-state index in [0.29, 0.717) is 48.3 Å². The normalized spacial score (nSPS) is 14.1. The Kier molecular flexibility index (Phi) is 7.41. The van der Waals surface area contributed by atoms with E-state index in [4.69, 9.17) is 25.8 Å². The molecule has 0 saturated carbocycles. The fourth-order valence-corrected chi connectivity index (χ4v) is 3.32. The highest BCUT2D eigenvalue weighted by Crippen LogP contribution is 2.28. The molecule has 3 rings (SSSR count). The van der Waals surface area contributed by atoms with Crippen LogP contribution >= 0.6 is 11.6 Å². The monoisotopic (exact) mass is 446 g/mol. The molecule has 0 radical (unpaired) electrons. The van der Waals surface area contributed by atoms with Crippen LogP contribution < -0.4 is 15.0 Å². The van der Waals surface area contributed by atoms with Gasteiger partial charge in [-0.25, -0.2) is 4.79 Å². The highest BCUT2D eigenvalue weighted by atomic mass is 35.5. The highest BCUT2D eigenvalue weighted by Gasteiger charge is 2.30. The molecule has 0 bridgehead atoms. The third kappa shape index (κ3) is 5.89. The number of benzene rings is 2. The van der Waals surface area contributed by atoms with E-state index in [1.807, 2.05) is 6.07 Å². The number of ether oxygens (including phenoxy) is 3. The second-order valence-corrected chi connectivity index (χ2v) is 8.01. The van der Waals surface area contributed by atoms with Gasteiger partial charge >= 0.3 is 5.97 Å². The Morgan fingerprint density at radius 1 is 1.13 bits per heavy atom. The molecule has 2 aromatic rings. The maximum atomic E-state index is 12.9. The van der Waals surface area contributed by atoms with Crippen molar-refractivity contribution in [3.05, 3.63) is 53.1 Å². The van der Waals surface area contributed by atoms with Gasteiger partial charge in [-0.3, -0.25) is 4.79 Å². The van der Waals surface area contributed by atoms with Crippen LogP contribution in [0, 0.1) is 0 Å². The predicted molar refractivity (Wildman–Crippen MR) is 120 cm³/mol. The van der Waals surface area contributed by atoms with Gasteiger partial charge in [-0.15, -0.1) is 0 Å². The van der Waals surface area contributed by atoms with E-state index in [-0.39, 0.29) is 12.5 Å². The van der Waals surface area contributed by atoms with Gasteiger partial charge < -0.3 is 24.4 Å². The Hall–Kier alpha value is -2.77. The minimum atomic E-state index is -1.15. The van der Waals surface area contributed by atoms with Crippen LogP contribution in [0.15, 0.2) is 42.5 Å². The summed E-state index contributed by atoms with van der Waals surface area (Å²) in [6, 6.07) is 12.0. The molecule has 8 heteroatoms. The topological polar surface area (TPSA) is 77.1 Å². The molecule has 1 heterocycles. The largest absolute Gasteiger partial charge is 0.478 e. The maximum Gasteiger partial charge on any atom is 0.340 e. The molecule has 0 aromatic heterocycles. The molecule has 1 N–H and O–H groups in total. The van der Waals surface area contributed by atoms with Crippen molar-refractivity contribution in [1.82, 2.24) is 0 Å². The number of halogens is 1. The van der Waals surface area contributed by atoms with Crippen molar-refractivity contribution in [3.8, 4) is 5.75 Å². The zero-order valence-corrected chi connectivity index (χ0v) is 18.7. The average molecular weight is 447 g/mol. The van der Waals surface area contributed by atoms with E-state index in [1.165, 1.54) is 0 Å². The molecule has 1 fully saturated rings. The smallest absolute Gasteiger partial charge is 0.340 e. The summed E-state index contributed by atoms with van der Waals surface area (Å²) >= 11 is 5.90. The second-order valence-electron chi connectivity index (χ2n) is 7.57. The molecule has 31 heavy (non-hydrogen) atoms. The fourth-order valence-electron chi connectivity index (χ4n) is 3.19. The zero-order chi connectivity index (χ0) is 22.4. The molecular weight excluding hydrogens is 420 g/mol. The molecule has 7 nitrogen and oxygen atoms in total. The summed E-state index contributed by atoms with van der Waals surface area (Å²) in [6.45, 7) is 7.92. The first-order chi connectivity index (χ1) is 14.8. The van der Waals surface area contributed by atoms with E-state index in [0.717, 1.165) is 5.69 Å². The number of anilines is 2. The Bertz CT molecular complexity index is 924. The number of morpholine rings is 1. The van der Waals surface area contributed by atoms with Crippen LogP contribution in [0.1, 0.15) is 31.1 Å². The van der Waals surface area contributed by atoms with Gasteiger partial charge in [0, 0.05) is 23.8 Å². The molecule has 1 saturated heterocycles. The van der Waals surface area contributed by atoms with Crippen molar-refractivity contribution in [2.75, 3.05) is 43.1 Å². The lowest BCUT2D eigenvalue weighted by Gasteiger charge is -2.30. The van der Waals surface area contributed by atoms with Gasteiger partial charge in [0.15, 0.2) is 5.60 Å². The van der Waals surface area contributed by atoms with Gasteiger partial charge in [-0.1, -0.05) is 11.6 Å². The number of nitrogens with one attached hydrogen (secondary N) is 1. The van der Waals surface area contributed by atoms with Gasteiger partial charge in [0.2, 0.25) is 0 Å². The van der Waals surface area contributed by atoms with E-state index >= 15 is 0 Å². The first-order valence-corrected chi connectivity index (χ1v) is 10.6. The molecule has 0 spiro atoms. The molecular formula is C23H27ClN2O5. The van der Waals surface area contributed by atoms with Crippen molar-refractivity contribution < 1.29 is 23.8 Å². The summed E-state index contributed by atoms with van der Waals surface area (Å²) in [5.74, 6) is -0.257. The van der Waals surface area contributed by atoms with Crippen LogP contribution in [0.25, 0.3) is 0 Å². The Morgan fingerprint density at radius 3 is 2.45 bits per heavy atom. The van der Waals surface area contributed by atoms with Crippen molar-refractivity contribution in [2.45, 2.75) is 26.4 Å². The molecule has 166 valence electrons. The van der Waals surface area contributed by atoms with Gasteiger partial charge in [0.05, 0.1) is 31.1 Å². The SMILES string of the molecule is CCOC(=O)c1cc(NC(=O)C(C)(C)Oc2ccc(Cl)cc2)ccc1N1CCOCC1. The summed E-state index contributed by atoms with van der Waals surface area (Å²) in [6.07, 6.45) is 0. The maximum absolute atomic E-state index is 12.9. The minimum Gasteiger partial charge on any atom is -0.478 e. The average Bonchev–Trinajstić information content (AvgIpc) is 2.76. The van der Waals surface area contributed by atoms with Crippen LogP contribution in [0.5, 0.6) is 5.75 Å². The Morgan fingerprint density at radius 2 is 1.81 bits per heavy atom. The summed E-state index contributed by atoms with van der Waals surface area (Å²) in [5, 5.41) is 3.43. The third-order valence-corrected chi connectivity index (χ3v) is 5.09. The van der Waals surface area contributed by atoms with Crippen LogP contribution in [-0.2, 0) is 14.3 Å². The number of amides is 1. The molecule has 1 aliphatic rings. The number of carbonyl (C=O) groups is 2. The minimum absolute atomic E-state index is 0.264. The third-order valence-electron chi connectivity index (χ3n) is 4.84. The predicted octanol–water partition coefficient (Wildman–Crippen LogP) is 4.15. The number of nitrogens with zero attached hydrogens (tertiary/aromatic N) is 1. The van der Waals surface area contributed by atoms with E-state index in [1.54, 1.807) is 57.2 Å². The van der Waals surface area contributed by atoms with Crippen molar-refractivity contribution in [2.24, 2.45) is 0 Å². The molecule has 2 aromatic carbocycles. The number of esters is 1. The first-order valence-electron chi connectivity index (χ1n) is 10.2. The van der Waals surface area contributed by atoms with E-state index < -0.39 is 11.6 Å². The van der Waals surface area contributed by atoms with Crippen LogP contribution in [0.4, 0.5) is 11.4 Å². The van der Waals surface area contributed by atoms with Gasteiger partial charge in [-0.2, -0.15) is 0 Å². The van der Waals surface area contributed by atoms with Crippen molar-refractivity contribution in [1.29, 1.82) is 0 Å². The molecule has 0 aliphatic carbocycles. The summed E-state index contributed by atoms with van der Waals surface area (Å²) in [7, 11) is 0.